The van der Waals surface area contributed by atoms with E-state index >= 15 is 0 Å². The number of sulfonamides is 1. The average molecular weight is 467 g/mol. The first kappa shape index (κ1) is 22.7. The van der Waals surface area contributed by atoms with Crippen molar-refractivity contribution in [2.75, 3.05) is 17.9 Å². The van der Waals surface area contributed by atoms with Crippen LogP contribution >= 0.6 is 0 Å². The van der Waals surface area contributed by atoms with Crippen LogP contribution in [0.25, 0.3) is 0 Å². The van der Waals surface area contributed by atoms with Gasteiger partial charge in [-0.1, -0.05) is 18.2 Å². The number of ether oxygens (including phenoxy) is 2. The molecular weight excluding hydrogens is 440 g/mol. The molecule has 1 aliphatic rings. The maximum Gasteiger partial charge on any atom is 0.261 e. The average Bonchev–Trinajstić information content (AvgIpc) is 2.81. The molecule has 1 aliphatic heterocycles. The molecule has 172 valence electrons. The van der Waals surface area contributed by atoms with E-state index in [0.29, 0.717) is 36.0 Å². The Morgan fingerprint density at radius 3 is 2.36 bits per heavy atom. The fraction of sp³-hybridized carbons (Fsp3) is 0.240. The number of amides is 1. The van der Waals surface area contributed by atoms with Crippen LogP contribution < -0.4 is 19.5 Å². The summed E-state index contributed by atoms with van der Waals surface area (Å²) < 4.78 is 39.3. The van der Waals surface area contributed by atoms with Gasteiger partial charge in [0.2, 0.25) is 0 Å². The van der Waals surface area contributed by atoms with Gasteiger partial charge in [-0.15, -0.1) is 0 Å². The van der Waals surface area contributed by atoms with Crippen LogP contribution in [0.15, 0.2) is 65.6 Å². The molecule has 1 amide bonds. The van der Waals surface area contributed by atoms with E-state index in [1.54, 1.807) is 12.1 Å². The molecule has 33 heavy (non-hydrogen) atoms. The molecule has 8 heteroatoms. The van der Waals surface area contributed by atoms with E-state index in [2.05, 4.69) is 10.0 Å². The van der Waals surface area contributed by atoms with Crippen molar-refractivity contribution < 1.29 is 22.7 Å². The summed E-state index contributed by atoms with van der Waals surface area (Å²) in [5, 5.41) is 2.93. The zero-order valence-corrected chi connectivity index (χ0v) is 19.5. The van der Waals surface area contributed by atoms with Gasteiger partial charge in [0, 0.05) is 5.56 Å². The molecule has 0 aromatic heterocycles. The number of rotatable bonds is 6. The predicted molar refractivity (Wildman–Crippen MR) is 126 cm³/mol. The number of aryl methyl sites for hydroxylation is 1. The number of nitrogens with one attached hydrogen (secondary N) is 2. The summed E-state index contributed by atoms with van der Waals surface area (Å²) in [7, 11) is -3.78. The summed E-state index contributed by atoms with van der Waals surface area (Å²) in [6.07, 6.45) is 0. The molecule has 0 fully saturated rings. The van der Waals surface area contributed by atoms with Gasteiger partial charge in [-0.05, 0) is 79.9 Å². The highest BCUT2D eigenvalue weighted by molar-refractivity contribution is 7.92. The number of hydrogen-bond acceptors (Lipinski definition) is 5. The summed E-state index contributed by atoms with van der Waals surface area (Å²) in [4.78, 5) is 12.8. The number of carbonyl (C=O) groups is 1. The maximum atomic E-state index is 12.8. The van der Waals surface area contributed by atoms with Crippen molar-refractivity contribution in [2.24, 2.45) is 0 Å². The lowest BCUT2D eigenvalue weighted by Gasteiger charge is -2.21. The van der Waals surface area contributed by atoms with Crippen molar-refractivity contribution in [1.82, 2.24) is 5.32 Å². The summed E-state index contributed by atoms with van der Waals surface area (Å²) in [6, 6.07) is 16.6. The van der Waals surface area contributed by atoms with Gasteiger partial charge in [0.1, 0.15) is 13.2 Å². The van der Waals surface area contributed by atoms with E-state index in [1.165, 1.54) is 24.3 Å². The van der Waals surface area contributed by atoms with Crippen molar-refractivity contribution in [1.29, 1.82) is 0 Å². The van der Waals surface area contributed by atoms with Gasteiger partial charge < -0.3 is 14.8 Å². The third-order valence-electron chi connectivity index (χ3n) is 5.69. The highest BCUT2D eigenvalue weighted by atomic mass is 32.2. The Balaban J connectivity index is 1.45. The minimum absolute atomic E-state index is 0.0832. The Bertz CT molecular complexity index is 1290. The molecule has 0 unspecified atom stereocenters. The third-order valence-corrected chi connectivity index (χ3v) is 7.07. The largest absolute Gasteiger partial charge is 0.486 e. The minimum atomic E-state index is -3.78. The fourth-order valence-electron chi connectivity index (χ4n) is 3.54. The fourth-order valence-corrected chi connectivity index (χ4v) is 4.67. The van der Waals surface area contributed by atoms with Gasteiger partial charge in [-0.2, -0.15) is 0 Å². The minimum Gasteiger partial charge on any atom is -0.486 e. The van der Waals surface area contributed by atoms with Crippen LogP contribution in [0.3, 0.4) is 0 Å². The second-order valence-corrected chi connectivity index (χ2v) is 9.66. The molecule has 2 N–H and O–H groups in total. The second kappa shape index (κ2) is 9.15. The molecule has 0 bridgehead atoms. The molecule has 1 heterocycles. The maximum absolute atomic E-state index is 12.8. The lowest BCUT2D eigenvalue weighted by Crippen LogP contribution is -2.27. The monoisotopic (exact) mass is 466 g/mol. The van der Waals surface area contributed by atoms with E-state index in [0.717, 1.165) is 16.7 Å². The van der Waals surface area contributed by atoms with E-state index in [9.17, 15) is 13.2 Å². The highest BCUT2D eigenvalue weighted by Gasteiger charge is 2.19. The predicted octanol–water partition coefficient (Wildman–Crippen LogP) is 4.37. The highest BCUT2D eigenvalue weighted by Crippen LogP contribution is 2.32. The molecule has 1 atom stereocenters. The van der Waals surface area contributed by atoms with Crippen molar-refractivity contribution in [3.63, 3.8) is 0 Å². The molecule has 0 saturated heterocycles. The zero-order valence-electron chi connectivity index (χ0n) is 18.7. The van der Waals surface area contributed by atoms with E-state index in [1.807, 2.05) is 45.0 Å². The number of anilines is 1. The van der Waals surface area contributed by atoms with Gasteiger partial charge in [0.05, 0.1) is 16.6 Å². The normalized spacial score (nSPS) is 13.8. The van der Waals surface area contributed by atoms with Crippen LogP contribution in [-0.4, -0.2) is 27.5 Å². The van der Waals surface area contributed by atoms with Crippen LogP contribution in [0.4, 0.5) is 5.69 Å². The first-order valence-electron chi connectivity index (χ1n) is 10.6. The standard InChI is InChI=1S/C25H26N2O5S/c1-16-5-4-6-22(17(16)2)27-33(29,30)21-10-7-19(8-11-21)25(28)26-18(3)20-9-12-23-24(15-20)32-14-13-31-23/h4-12,15,18,27H,13-14H2,1-3H3,(H,26,28)/t18-/m1/s1. The van der Waals surface area contributed by atoms with Gasteiger partial charge in [0.25, 0.3) is 15.9 Å². The van der Waals surface area contributed by atoms with Crippen molar-refractivity contribution in [3.05, 3.63) is 82.9 Å². The van der Waals surface area contributed by atoms with Crippen molar-refractivity contribution in [3.8, 4) is 11.5 Å². The van der Waals surface area contributed by atoms with E-state index in [-0.39, 0.29) is 16.8 Å². The molecule has 3 aromatic rings. The van der Waals surface area contributed by atoms with Crippen LogP contribution in [0.2, 0.25) is 0 Å². The molecule has 4 rings (SSSR count). The Kier molecular flexibility index (Phi) is 6.29. The molecule has 0 aliphatic carbocycles. The zero-order chi connectivity index (χ0) is 23.6. The number of carbonyl (C=O) groups excluding carboxylic acids is 1. The summed E-state index contributed by atoms with van der Waals surface area (Å²) in [6.45, 7) is 6.67. The lowest BCUT2D eigenvalue weighted by molar-refractivity contribution is 0.0939. The van der Waals surface area contributed by atoms with Crippen molar-refractivity contribution >= 4 is 21.6 Å². The van der Waals surface area contributed by atoms with E-state index < -0.39 is 10.0 Å². The first-order valence-corrected chi connectivity index (χ1v) is 12.1. The molecule has 0 saturated carbocycles. The van der Waals surface area contributed by atoms with E-state index in [4.69, 9.17) is 9.47 Å². The smallest absolute Gasteiger partial charge is 0.261 e. The lowest BCUT2D eigenvalue weighted by atomic mass is 10.1. The Hall–Kier alpha value is -3.52. The van der Waals surface area contributed by atoms with Crippen LogP contribution in [-0.2, 0) is 10.0 Å². The van der Waals surface area contributed by atoms with Crippen molar-refractivity contribution in [2.45, 2.75) is 31.7 Å². The quantitative estimate of drug-likeness (QED) is 0.563. The second-order valence-electron chi connectivity index (χ2n) is 7.98. The van der Waals surface area contributed by atoms with Crippen LogP contribution in [0, 0.1) is 13.8 Å². The van der Waals surface area contributed by atoms with Gasteiger partial charge in [-0.25, -0.2) is 8.42 Å². The number of fused-ring (bicyclic) bond motifs is 1. The molecule has 0 radical (unpaired) electrons. The molecular formula is C25H26N2O5S. The molecule has 3 aromatic carbocycles. The topological polar surface area (TPSA) is 93.7 Å². The Morgan fingerprint density at radius 2 is 1.64 bits per heavy atom. The summed E-state index contributed by atoms with van der Waals surface area (Å²) >= 11 is 0. The Labute approximate surface area is 193 Å². The number of benzene rings is 3. The number of hydrogen-bond donors (Lipinski definition) is 2. The molecule has 0 spiro atoms. The first-order chi connectivity index (χ1) is 15.7. The van der Waals surface area contributed by atoms with Crippen LogP contribution in [0.1, 0.15) is 40.0 Å². The van der Waals surface area contributed by atoms with Crippen LogP contribution in [0.5, 0.6) is 11.5 Å². The molecule has 7 nitrogen and oxygen atoms in total. The van der Waals surface area contributed by atoms with Gasteiger partial charge >= 0.3 is 0 Å². The summed E-state index contributed by atoms with van der Waals surface area (Å²) in [5.41, 5.74) is 3.64. The summed E-state index contributed by atoms with van der Waals surface area (Å²) in [5.74, 6) is 1.05. The Morgan fingerprint density at radius 1 is 0.939 bits per heavy atom. The van der Waals surface area contributed by atoms with Gasteiger partial charge in [-0.3, -0.25) is 9.52 Å². The van der Waals surface area contributed by atoms with Gasteiger partial charge in [0.15, 0.2) is 11.5 Å². The third kappa shape index (κ3) is 4.96. The SMILES string of the molecule is Cc1cccc(NS(=O)(=O)c2ccc(C(=O)N[C@H](C)c3ccc4c(c3)OCCO4)cc2)c1C.